The Hall–Kier alpha value is -1.51. The van der Waals surface area contributed by atoms with Crippen LogP contribution in [0.4, 0.5) is 0 Å². The van der Waals surface area contributed by atoms with E-state index in [0.717, 1.165) is 29.8 Å². The minimum atomic E-state index is 0.00652. The second-order valence-electron chi connectivity index (χ2n) is 4.66. The first-order valence-electron chi connectivity index (χ1n) is 5.85. The lowest BCUT2D eigenvalue weighted by molar-refractivity contribution is 0.517. The average Bonchev–Trinajstić information content (AvgIpc) is 2.62. The first kappa shape index (κ1) is 11.0. The Balaban J connectivity index is 2.22. The van der Waals surface area contributed by atoms with Gasteiger partial charge in [-0.25, -0.2) is 0 Å². The highest BCUT2D eigenvalue weighted by atomic mass is 16.1. The van der Waals surface area contributed by atoms with Crippen LogP contribution in [0, 0.1) is 5.92 Å². The molecular weight excluding hydrogens is 200 g/mol. The van der Waals surface area contributed by atoms with Crippen LogP contribution in [0.5, 0.6) is 0 Å². The van der Waals surface area contributed by atoms with Crippen molar-refractivity contribution in [3.05, 3.63) is 34.9 Å². The number of aryl methyl sites for hydroxylation is 1. The van der Waals surface area contributed by atoms with Crippen molar-refractivity contribution in [1.29, 1.82) is 0 Å². The van der Waals surface area contributed by atoms with Crippen molar-refractivity contribution >= 4 is 10.9 Å². The molecule has 0 aliphatic carbocycles. The molecule has 0 spiro atoms. The Bertz CT molecular complexity index is 522. The van der Waals surface area contributed by atoms with Gasteiger partial charge in [0.2, 0.25) is 0 Å². The molecule has 86 valence electrons. The van der Waals surface area contributed by atoms with Crippen LogP contribution in [0.1, 0.15) is 26.7 Å². The fourth-order valence-corrected chi connectivity index (χ4v) is 2.02. The first-order chi connectivity index (χ1) is 7.68. The zero-order valence-corrected chi connectivity index (χ0v) is 9.86. The normalized spacial score (nSPS) is 11.4. The molecule has 0 aromatic carbocycles. The molecule has 0 radical (unpaired) electrons. The van der Waals surface area contributed by atoms with E-state index >= 15 is 0 Å². The molecule has 2 aromatic rings. The summed E-state index contributed by atoms with van der Waals surface area (Å²) in [6.45, 7) is 5.37. The third-order valence-corrected chi connectivity index (χ3v) is 2.87. The number of pyridine rings is 1. The molecule has 1 N–H and O–H groups in total. The second kappa shape index (κ2) is 4.56. The summed E-state index contributed by atoms with van der Waals surface area (Å²) in [5.74, 6) is 0.722. The van der Waals surface area contributed by atoms with E-state index in [0.29, 0.717) is 0 Å². The summed E-state index contributed by atoms with van der Waals surface area (Å²) in [5, 5.41) is 1.02. The first-order valence-corrected chi connectivity index (χ1v) is 5.85. The molecule has 0 aliphatic heterocycles. The molecule has 3 heteroatoms. The molecule has 2 rings (SSSR count). The lowest BCUT2D eigenvalue weighted by atomic mass is 10.1. The number of nitrogens with zero attached hydrogens (tertiary/aromatic N) is 1. The molecule has 0 aliphatic rings. The van der Waals surface area contributed by atoms with Crippen molar-refractivity contribution < 1.29 is 0 Å². The zero-order chi connectivity index (χ0) is 11.5. The summed E-state index contributed by atoms with van der Waals surface area (Å²) in [6, 6.07) is 3.94. The van der Waals surface area contributed by atoms with E-state index in [2.05, 4.69) is 23.4 Å². The van der Waals surface area contributed by atoms with E-state index in [4.69, 9.17) is 0 Å². The van der Waals surface area contributed by atoms with Gasteiger partial charge in [-0.2, -0.15) is 0 Å². The van der Waals surface area contributed by atoms with Crippen LogP contribution in [0.3, 0.4) is 0 Å². The highest BCUT2D eigenvalue weighted by Crippen LogP contribution is 2.12. The lowest BCUT2D eigenvalue weighted by Gasteiger charge is -2.06. The molecule has 3 nitrogen and oxygen atoms in total. The van der Waals surface area contributed by atoms with Crippen LogP contribution in [0.25, 0.3) is 10.9 Å². The van der Waals surface area contributed by atoms with Gasteiger partial charge in [0.15, 0.2) is 0 Å². The third kappa shape index (κ3) is 2.18. The van der Waals surface area contributed by atoms with Gasteiger partial charge in [-0.3, -0.25) is 4.79 Å². The van der Waals surface area contributed by atoms with Crippen LogP contribution in [0.2, 0.25) is 0 Å². The molecule has 16 heavy (non-hydrogen) atoms. The van der Waals surface area contributed by atoms with Crippen LogP contribution >= 0.6 is 0 Å². The zero-order valence-electron chi connectivity index (χ0n) is 9.86. The molecule has 0 atom stereocenters. The maximum atomic E-state index is 11.7. The van der Waals surface area contributed by atoms with Gasteiger partial charge >= 0.3 is 0 Å². The predicted molar refractivity (Wildman–Crippen MR) is 66.6 cm³/mol. The van der Waals surface area contributed by atoms with Gasteiger partial charge < -0.3 is 9.55 Å². The van der Waals surface area contributed by atoms with Gasteiger partial charge in [0.1, 0.15) is 5.52 Å². The summed E-state index contributed by atoms with van der Waals surface area (Å²) in [4.78, 5) is 14.4. The molecule has 0 amide bonds. The number of nitrogens with one attached hydrogen (secondary N) is 1. The summed E-state index contributed by atoms with van der Waals surface area (Å²) >= 11 is 0. The van der Waals surface area contributed by atoms with Crippen molar-refractivity contribution in [3.63, 3.8) is 0 Å². The fraction of sp³-hybridized carbons (Fsp3) is 0.462. The molecule has 0 bridgehead atoms. The van der Waals surface area contributed by atoms with Crippen molar-refractivity contribution in [2.45, 2.75) is 33.2 Å². The van der Waals surface area contributed by atoms with E-state index < -0.39 is 0 Å². The summed E-state index contributed by atoms with van der Waals surface area (Å²) in [5.41, 5.74) is 0.804. The molecule has 2 heterocycles. The number of fused-ring (bicyclic) bond motifs is 1. The Morgan fingerprint density at radius 1 is 1.38 bits per heavy atom. The van der Waals surface area contributed by atoms with Crippen LogP contribution in [-0.4, -0.2) is 9.55 Å². The van der Waals surface area contributed by atoms with Crippen LogP contribution in [0.15, 0.2) is 29.3 Å². The Morgan fingerprint density at radius 3 is 2.94 bits per heavy atom. The minimum Gasteiger partial charge on any atom is -0.343 e. The highest BCUT2D eigenvalue weighted by Gasteiger charge is 2.04. The van der Waals surface area contributed by atoms with Gasteiger partial charge in [-0.05, 0) is 30.9 Å². The Labute approximate surface area is 95.1 Å². The maximum Gasteiger partial charge on any atom is 0.272 e. The predicted octanol–water partition coefficient (Wildman–Crippen LogP) is 2.77. The lowest BCUT2D eigenvalue weighted by Crippen LogP contribution is -2.10. The number of rotatable bonds is 4. The number of hydrogen-bond donors (Lipinski definition) is 1. The molecular formula is C13H18N2O. The quantitative estimate of drug-likeness (QED) is 0.841. The van der Waals surface area contributed by atoms with E-state index in [-0.39, 0.29) is 5.56 Å². The van der Waals surface area contributed by atoms with Crippen LogP contribution < -0.4 is 5.56 Å². The standard InChI is InChI=1S/C13H18N2O/c1-10(2)4-3-8-15-9-6-11-5-7-14-13(16)12(11)15/h5-7,9-10H,3-4,8H2,1-2H3,(H,14,16). The largest absolute Gasteiger partial charge is 0.343 e. The Morgan fingerprint density at radius 2 is 2.19 bits per heavy atom. The van der Waals surface area contributed by atoms with Crippen molar-refractivity contribution in [2.24, 2.45) is 5.92 Å². The number of aromatic nitrogens is 2. The third-order valence-electron chi connectivity index (χ3n) is 2.87. The van der Waals surface area contributed by atoms with E-state index in [1.807, 2.05) is 18.3 Å². The van der Waals surface area contributed by atoms with E-state index in [1.165, 1.54) is 6.42 Å². The summed E-state index contributed by atoms with van der Waals surface area (Å²) in [6.07, 6.45) is 6.02. The SMILES string of the molecule is CC(C)CCCn1ccc2cc[nH]c(=O)c21. The Kier molecular flexibility index (Phi) is 3.13. The molecule has 0 saturated carbocycles. The monoisotopic (exact) mass is 218 g/mol. The average molecular weight is 218 g/mol. The van der Waals surface area contributed by atoms with Gasteiger partial charge in [0.25, 0.3) is 5.56 Å². The van der Waals surface area contributed by atoms with Gasteiger partial charge in [0, 0.05) is 24.3 Å². The number of aromatic amines is 1. The van der Waals surface area contributed by atoms with Crippen molar-refractivity contribution in [1.82, 2.24) is 9.55 Å². The molecule has 0 saturated heterocycles. The molecule has 2 aromatic heterocycles. The fourth-order valence-electron chi connectivity index (χ4n) is 2.02. The second-order valence-corrected chi connectivity index (χ2v) is 4.66. The smallest absolute Gasteiger partial charge is 0.272 e. The van der Waals surface area contributed by atoms with E-state index in [9.17, 15) is 4.79 Å². The summed E-state index contributed by atoms with van der Waals surface area (Å²) < 4.78 is 2.05. The van der Waals surface area contributed by atoms with Gasteiger partial charge in [-0.15, -0.1) is 0 Å². The molecule has 0 unspecified atom stereocenters. The van der Waals surface area contributed by atoms with Gasteiger partial charge in [0.05, 0.1) is 0 Å². The van der Waals surface area contributed by atoms with E-state index in [1.54, 1.807) is 6.20 Å². The minimum absolute atomic E-state index is 0.00652. The number of H-pyrrole nitrogens is 1. The maximum absolute atomic E-state index is 11.7. The summed E-state index contributed by atoms with van der Waals surface area (Å²) in [7, 11) is 0. The number of hydrogen-bond acceptors (Lipinski definition) is 1. The highest BCUT2D eigenvalue weighted by molar-refractivity contribution is 5.78. The van der Waals surface area contributed by atoms with Crippen molar-refractivity contribution in [2.75, 3.05) is 0 Å². The topological polar surface area (TPSA) is 37.8 Å². The molecule has 0 fully saturated rings. The van der Waals surface area contributed by atoms with Crippen LogP contribution in [-0.2, 0) is 6.54 Å². The van der Waals surface area contributed by atoms with Crippen molar-refractivity contribution in [3.8, 4) is 0 Å². The van der Waals surface area contributed by atoms with Gasteiger partial charge in [-0.1, -0.05) is 13.8 Å².